The van der Waals surface area contributed by atoms with Gasteiger partial charge in [0.2, 0.25) is 0 Å². The van der Waals surface area contributed by atoms with E-state index in [2.05, 4.69) is 15.0 Å². The molecule has 3 N–H and O–H groups in total. The third kappa shape index (κ3) is 2.56. The second kappa shape index (κ2) is 4.73. The highest BCUT2D eigenvalue weighted by Gasteiger charge is 2.06. The van der Waals surface area contributed by atoms with Gasteiger partial charge in [-0.15, -0.1) is 0 Å². The quantitative estimate of drug-likeness (QED) is 0.740. The second-order valence-electron chi connectivity index (χ2n) is 3.26. The van der Waals surface area contributed by atoms with Crippen LogP contribution in [-0.4, -0.2) is 15.2 Å². The highest BCUT2D eigenvalue weighted by atomic mass is 16.6. The number of aromatic nitrogens is 2. The van der Waals surface area contributed by atoms with E-state index in [1.54, 1.807) is 24.3 Å². The van der Waals surface area contributed by atoms with E-state index in [4.69, 9.17) is 15.5 Å². The summed E-state index contributed by atoms with van der Waals surface area (Å²) in [6, 6.07) is 6.81. The Morgan fingerprint density at radius 1 is 1.31 bits per heavy atom. The molecule has 0 radical (unpaired) electrons. The average molecular weight is 221 g/mol. The molecule has 0 aliphatic carbocycles. The van der Waals surface area contributed by atoms with Crippen molar-refractivity contribution in [2.24, 2.45) is 5.90 Å². The molecule has 1 heterocycles. The molecule has 0 fully saturated rings. The Bertz CT molecular complexity index is 453. The molecule has 0 amide bonds. The summed E-state index contributed by atoms with van der Waals surface area (Å²) in [6.07, 6.45) is 0.536. The van der Waals surface area contributed by atoms with Crippen molar-refractivity contribution < 1.29 is 14.5 Å². The first-order chi connectivity index (χ1) is 7.78. The monoisotopic (exact) mass is 221 g/mol. The highest BCUT2D eigenvalue weighted by molar-refractivity contribution is 5.27. The fourth-order valence-electron chi connectivity index (χ4n) is 1.29. The zero-order valence-corrected chi connectivity index (χ0v) is 8.46. The Kier molecular flexibility index (Phi) is 3.13. The average Bonchev–Trinajstić information content (AvgIpc) is 2.70. The largest absolute Gasteiger partial charge is 0.508 e. The maximum atomic E-state index is 9.12. The maximum Gasteiger partial charge on any atom is 0.254 e. The van der Waals surface area contributed by atoms with Gasteiger partial charge in [0, 0.05) is 6.42 Å². The van der Waals surface area contributed by atoms with Crippen molar-refractivity contribution in [1.29, 1.82) is 0 Å². The molecule has 16 heavy (non-hydrogen) atoms. The fourth-order valence-corrected chi connectivity index (χ4v) is 1.29. The van der Waals surface area contributed by atoms with E-state index < -0.39 is 0 Å². The summed E-state index contributed by atoms with van der Waals surface area (Å²) in [4.78, 5) is 8.45. The number of aromatic hydroxyl groups is 1. The van der Waals surface area contributed by atoms with Gasteiger partial charge in [0.05, 0.1) is 0 Å². The third-order valence-corrected chi connectivity index (χ3v) is 2.02. The molecule has 1 aromatic heterocycles. The van der Waals surface area contributed by atoms with Gasteiger partial charge in [0.1, 0.15) is 12.4 Å². The van der Waals surface area contributed by atoms with Gasteiger partial charge in [-0.25, -0.2) is 5.90 Å². The SMILES string of the molecule is NOCc1nc(Cc2ccc(O)cc2)no1. The molecule has 0 aliphatic heterocycles. The molecule has 0 unspecified atom stereocenters. The Balaban J connectivity index is 2.05. The predicted molar refractivity (Wildman–Crippen MR) is 54.2 cm³/mol. The van der Waals surface area contributed by atoms with Crippen LogP contribution in [0.2, 0.25) is 0 Å². The van der Waals surface area contributed by atoms with Crippen LogP contribution in [-0.2, 0) is 17.9 Å². The van der Waals surface area contributed by atoms with Crippen LogP contribution < -0.4 is 5.90 Å². The molecule has 6 heteroatoms. The van der Waals surface area contributed by atoms with E-state index in [9.17, 15) is 0 Å². The summed E-state index contributed by atoms with van der Waals surface area (Å²) < 4.78 is 4.89. The molecule has 0 aliphatic rings. The van der Waals surface area contributed by atoms with E-state index in [0.717, 1.165) is 5.56 Å². The van der Waals surface area contributed by atoms with Gasteiger partial charge in [-0.2, -0.15) is 4.98 Å². The number of hydrogen-bond acceptors (Lipinski definition) is 6. The first-order valence-corrected chi connectivity index (χ1v) is 4.69. The zero-order chi connectivity index (χ0) is 11.4. The lowest BCUT2D eigenvalue weighted by Crippen LogP contribution is -1.99. The minimum atomic E-state index is 0.0998. The summed E-state index contributed by atoms with van der Waals surface area (Å²) in [5.41, 5.74) is 0.985. The number of nitrogens with two attached hydrogens (primary N) is 1. The van der Waals surface area contributed by atoms with Crippen LogP contribution in [0.15, 0.2) is 28.8 Å². The summed E-state index contributed by atoms with van der Waals surface area (Å²) in [5, 5.41) is 12.9. The maximum absolute atomic E-state index is 9.12. The summed E-state index contributed by atoms with van der Waals surface area (Å²) in [6.45, 7) is 0.0998. The van der Waals surface area contributed by atoms with Crippen molar-refractivity contribution in [2.75, 3.05) is 0 Å². The van der Waals surface area contributed by atoms with Crippen molar-refractivity contribution in [3.63, 3.8) is 0 Å². The lowest BCUT2D eigenvalue weighted by atomic mass is 10.1. The third-order valence-electron chi connectivity index (χ3n) is 2.02. The first kappa shape index (κ1) is 10.6. The number of rotatable bonds is 4. The number of hydrogen-bond donors (Lipinski definition) is 2. The number of nitrogens with zero attached hydrogens (tertiary/aromatic N) is 2. The van der Waals surface area contributed by atoms with Crippen LogP contribution in [0.3, 0.4) is 0 Å². The molecule has 1 aromatic carbocycles. The summed E-state index contributed by atoms with van der Waals surface area (Å²) in [5.74, 6) is 6.01. The van der Waals surface area contributed by atoms with Crippen LogP contribution in [0.4, 0.5) is 0 Å². The van der Waals surface area contributed by atoms with Crippen LogP contribution in [0, 0.1) is 0 Å². The first-order valence-electron chi connectivity index (χ1n) is 4.69. The van der Waals surface area contributed by atoms with E-state index in [0.29, 0.717) is 18.1 Å². The van der Waals surface area contributed by atoms with Crippen LogP contribution in [0.25, 0.3) is 0 Å². The Morgan fingerprint density at radius 3 is 2.75 bits per heavy atom. The molecule has 0 bridgehead atoms. The summed E-state index contributed by atoms with van der Waals surface area (Å²) in [7, 11) is 0. The Labute approximate surface area is 91.6 Å². The lowest BCUT2D eigenvalue weighted by Gasteiger charge is -1.96. The van der Waals surface area contributed by atoms with Crippen LogP contribution >= 0.6 is 0 Å². The molecule has 84 valence electrons. The van der Waals surface area contributed by atoms with E-state index >= 15 is 0 Å². The van der Waals surface area contributed by atoms with Gasteiger partial charge in [-0.05, 0) is 17.7 Å². The van der Waals surface area contributed by atoms with Gasteiger partial charge < -0.3 is 9.63 Å². The molecule has 0 atom stereocenters. The van der Waals surface area contributed by atoms with Gasteiger partial charge in [0.25, 0.3) is 5.89 Å². The molecule has 6 nitrogen and oxygen atoms in total. The molecular formula is C10H11N3O3. The van der Waals surface area contributed by atoms with E-state index in [1.165, 1.54) is 0 Å². The van der Waals surface area contributed by atoms with Crippen molar-refractivity contribution in [3.05, 3.63) is 41.5 Å². The Morgan fingerprint density at radius 2 is 2.06 bits per heavy atom. The fraction of sp³-hybridized carbons (Fsp3) is 0.200. The minimum Gasteiger partial charge on any atom is -0.508 e. The standard InChI is InChI=1S/C10H11N3O3/c11-15-6-10-12-9(13-16-10)5-7-1-3-8(14)4-2-7/h1-4,14H,5-6,11H2. The van der Waals surface area contributed by atoms with Gasteiger partial charge in [-0.1, -0.05) is 17.3 Å². The van der Waals surface area contributed by atoms with Crippen molar-refractivity contribution in [3.8, 4) is 5.75 Å². The van der Waals surface area contributed by atoms with Crippen LogP contribution in [0.5, 0.6) is 5.75 Å². The molecule has 0 spiro atoms. The topological polar surface area (TPSA) is 94.4 Å². The lowest BCUT2D eigenvalue weighted by molar-refractivity contribution is 0.0995. The number of benzene rings is 1. The summed E-state index contributed by atoms with van der Waals surface area (Å²) >= 11 is 0. The van der Waals surface area contributed by atoms with E-state index in [1.807, 2.05) is 0 Å². The minimum absolute atomic E-state index is 0.0998. The number of phenols is 1. The molecule has 0 saturated carbocycles. The van der Waals surface area contributed by atoms with Crippen LogP contribution in [0.1, 0.15) is 17.3 Å². The highest BCUT2D eigenvalue weighted by Crippen LogP contribution is 2.12. The second-order valence-corrected chi connectivity index (χ2v) is 3.26. The van der Waals surface area contributed by atoms with Gasteiger partial charge in [-0.3, -0.25) is 4.84 Å². The van der Waals surface area contributed by atoms with Crippen molar-refractivity contribution in [1.82, 2.24) is 10.1 Å². The normalized spacial score (nSPS) is 10.6. The van der Waals surface area contributed by atoms with E-state index in [-0.39, 0.29) is 12.4 Å². The molecule has 0 saturated heterocycles. The number of phenolic OH excluding ortho intramolecular Hbond substituents is 1. The van der Waals surface area contributed by atoms with Gasteiger partial charge >= 0.3 is 0 Å². The molecule has 2 aromatic rings. The zero-order valence-electron chi connectivity index (χ0n) is 8.46. The molecular weight excluding hydrogens is 210 g/mol. The van der Waals surface area contributed by atoms with Crippen molar-refractivity contribution in [2.45, 2.75) is 13.0 Å². The van der Waals surface area contributed by atoms with Crippen molar-refractivity contribution >= 4 is 0 Å². The Hall–Kier alpha value is -1.92. The predicted octanol–water partition coefficient (Wildman–Crippen LogP) is 0.756. The smallest absolute Gasteiger partial charge is 0.254 e. The van der Waals surface area contributed by atoms with Gasteiger partial charge in [0.15, 0.2) is 5.82 Å². The molecule has 2 rings (SSSR count).